The van der Waals surface area contributed by atoms with E-state index < -0.39 is 107 Å². The van der Waals surface area contributed by atoms with Crippen molar-refractivity contribution in [3.05, 3.63) is 12.7 Å². The molecule has 4 heterocycles. The number of nitriles is 1. The number of carbonyl (C=O) groups is 4. The van der Waals surface area contributed by atoms with Gasteiger partial charge < -0.3 is 48.1 Å². The van der Waals surface area contributed by atoms with E-state index in [2.05, 4.69) is 15.0 Å². The molecule has 2 aromatic rings. The predicted molar refractivity (Wildman–Crippen MR) is 182 cm³/mol. The highest BCUT2D eigenvalue weighted by Crippen LogP contribution is 2.65. The maximum absolute atomic E-state index is 13.6. The van der Waals surface area contributed by atoms with Gasteiger partial charge in [0.2, 0.25) is 6.29 Å². The van der Waals surface area contributed by atoms with Gasteiger partial charge in [0, 0.05) is 33.6 Å². The molecule has 2 fully saturated rings. The number of nitrogens with zero attached hydrogens (tertiary/aromatic N) is 5. The molecule has 298 valence electrons. The van der Waals surface area contributed by atoms with Gasteiger partial charge in [0.15, 0.2) is 36.0 Å². The molecular weight excluding hydrogens is 782 g/mol. The number of fused-ring (bicyclic) bond motifs is 1. The number of nitrogen functional groups attached to an aromatic ring is 1. The lowest BCUT2D eigenvalue weighted by atomic mass is 9.83. The fraction of sp³-hybridized carbons (Fsp3) is 0.655. The molecule has 11 atom stereocenters. The highest BCUT2D eigenvalue weighted by atomic mass is 32.5. The van der Waals surface area contributed by atoms with E-state index in [0.29, 0.717) is 0 Å². The van der Waals surface area contributed by atoms with Gasteiger partial charge in [0.25, 0.3) is 0 Å². The molecule has 2 aromatic heterocycles. The molecule has 2 aliphatic rings. The van der Waals surface area contributed by atoms with Crippen molar-refractivity contribution in [1.82, 2.24) is 19.5 Å². The smallest absolute Gasteiger partial charge is 0.463 e. The van der Waals surface area contributed by atoms with Gasteiger partial charge in [-0.25, -0.2) is 23.8 Å². The third-order valence-corrected chi connectivity index (χ3v) is 12.4. The normalized spacial score (nSPS) is 29.0. The topological polar surface area (TPSA) is 291 Å². The second-order valence-corrected chi connectivity index (χ2v) is 16.6. The van der Waals surface area contributed by atoms with Crippen molar-refractivity contribution in [2.45, 2.75) is 91.0 Å². The Labute approximate surface area is 313 Å². The van der Waals surface area contributed by atoms with Gasteiger partial charge in [-0.1, -0.05) is 13.8 Å². The number of esters is 4. The van der Waals surface area contributed by atoms with Gasteiger partial charge in [-0.05, 0) is 17.7 Å². The van der Waals surface area contributed by atoms with Gasteiger partial charge in [-0.15, -0.1) is 0 Å². The van der Waals surface area contributed by atoms with Crippen molar-refractivity contribution in [1.29, 1.82) is 5.26 Å². The molecule has 0 aliphatic carbocycles. The molecule has 5 unspecified atom stereocenters. The van der Waals surface area contributed by atoms with Crippen molar-refractivity contribution in [3.8, 4) is 6.07 Å². The summed E-state index contributed by atoms with van der Waals surface area (Å²) in [5.41, 5.74) is 6.30. The molecule has 0 radical (unpaired) electrons. The molecule has 0 amide bonds. The molecule has 25 heteroatoms. The minimum atomic E-state index is -5.38. The third-order valence-electron chi connectivity index (χ3n) is 8.12. The molecular formula is C29H40N6O16P2S. The first kappa shape index (κ1) is 43.1. The average Bonchev–Trinajstić information content (AvgIpc) is 3.64. The molecule has 0 spiro atoms. The molecule has 3 N–H and O–H groups in total. The fourth-order valence-electron chi connectivity index (χ4n) is 5.59. The minimum Gasteiger partial charge on any atom is -0.463 e. The molecule has 4 rings (SSSR count). The SMILES string of the molecule is CC(=O)OCC1O[C@@H](OP(=O)(O)OP(=S)(OCCC#N)OC[C@H]2O[C@@H](n3cnc4c(N)ncnc43)[C@@H](OC(C)=O)C2OC(C)=O)C(OC(C)=O)[C@@H](C)[C@@H]1C. The van der Waals surface area contributed by atoms with E-state index in [1.807, 2.05) is 6.07 Å². The van der Waals surface area contributed by atoms with Crippen LogP contribution in [0.4, 0.5) is 5.82 Å². The summed E-state index contributed by atoms with van der Waals surface area (Å²) in [4.78, 5) is 71.2. The maximum Gasteiger partial charge on any atom is 0.481 e. The number of carbonyl (C=O) groups excluding carboxylic acids is 4. The number of aromatic nitrogens is 4. The Kier molecular flexibility index (Phi) is 14.6. The molecule has 0 bridgehead atoms. The van der Waals surface area contributed by atoms with Crippen molar-refractivity contribution in [2.75, 3.05) is 25.6 Å². The first-order valence-corrected chi connectivity index (χ1v) is 20.3. The Balaban J connectivity index is 1.61. The molecule has 0 aromatic carbocycles. The van der Waals surface area contributed by atoms with Crippen LogP contribution in [0.15, 0.2) is 12.7 Å². The van der Waals surface area contributed by atoms with Crippen molar-refractivity contribution < 1.29 is 74.9 Å². The molecule has 2 saturated heterocycles. The average molecular weight is 823 g/mol. The Morgan fingerprint density at radius 3 is 2.20 bits per heavy atom. The minimum absolute atomic E-state index is 0.0434. The zero-order valence-corrected chi connectivity index (χ0v) is 32.5. The van der Waals surface area contributed by atoms with Crippen molar-refractivity contribution in [3.63, 3.8) is 0 Å². The molecule has 54 heavy (non-hydrogen) atoms. The van der Waals surface area contributed by atoms with Crippen LogP contribution >= 0.6 is 14.5 Å². The number of imidazole rings is 1. The zero-order chi connectivity index (χ0) is 40.0. The number of hydrogen-bond acceptors (Lipinski definition) is 21. The maximum atomic E-state index is 13.6. The second-order valence-electron chi connectivity index (χ2n) is 12.1. The number of anilines is 1. The van der Waals surface area contributed by atoms with Gasteiger partial charge in [0.1, 0.15) is 24.6 Å². The van der Waals surface area contributed by atoms with Gasteiger partial charge in [0.05, 0.1) is 38.1 Å². The fourth-order valence-corrected chi connectivity index (χ4v) is 9.45. The number of nitrogens with two attached hydrogens (primary N) is 1. The lowest BCUT2D eigenvalue weighted by molar-refractivity contribution is -0.257. The molecule has 2 aliphatic heterocycles. The van der Waals surface area contributed by atoms with E-state index in [1.54, 1.807) is 13.8 Å². The van der Waals surface area contributed by atoms with Gasteiger partial charge in [-0.3, -0.25) is 28.3 Å². The summed E-state index contributed by atoms with van der Waals surface area (Å²) in [6, 6.07) is 1.83. The first-order valence-electron chi connectivity index (χ1n) is 16.2. The summed E-state index contributed by atoms with van der Waals surface area (Å²) < 4.78 is 70.4. The summed E-state index contributed by atoms with van der Waals surface area (Å²) in [6.07, 6.45) is -6.89. The zero-order valence-electron chi connectivity index (χ0n) is 29.9. The van der Waals surface area contributed by atoms with Crippen LogP contribution in [0.25, 0.3) is 11.2 Å². The first-order chi connectivity index (χ1) is 25.3. The van der Waals surface area contributed by atoms with Crippen LogP contribution in [0.3, 0.4) is 0 Å². The van der Waals surface area contributed by atoms with E-state index in [1.165, 1.54) is 24.1 Å². The van der Waals surface area contributed by atoms with Crippen LogP contribution in [0, 0.1) is 23.2 Å². The van der Waals surface area contributed by atoms with Crippen LogP contribution in [0.5, 0.6) is 0 Å². The Morgan fingerprint density at radius 2 is 1.57 bits per heavy atom. The van der Waals surface area contributed by atoms with Crippen LogP contribution < -0.4 is 5.73 Å². The number of rotatable bonds is 16. The number of phosphoric ester groups is 1. The highest BCUT2D eigenvalue weighted by molar-refractivity contribution is 8.08. The van der Waals surface area contributed by atoms with Crippen molar-refractivity contribution in [2.24, 2.45) is 11.8 Å². The van der Waals surface area contributed by atoms with Crippen molar-refractivity contribution >= 4 is 67.2 Å². The Morgan fingerprint density at radius 1 is 0.926 bits per heavy atom. The number of phosphoric acid groups is 1. The monoisotopic (exact) mass is 822 g/mol. The van der Waals surface area contributed by atoms with Crippen LogP contribution in [0.2, 0.25) is 0 Å². The quantitative estimate of drug-likeness (QED) is 0.106. The van der Waals surface area contributed by atoms with Gasteiger partial charge in [-0.2, -0.15) is 5.26 Å². The second kappa shape index (κ2) is 18.3. The third kappa shape index (κ3) is 11.0. The Hall–Kier alpha value is -3.68. The summed E-state index contributed by atoms with van der Waals surface area (Å²) in [5, 5.41) is 9.11. The highest BCUT2D eigenvalue weighted by Gasteiger charge is 2.52. The molecule has 22 nitrogen and oxygen atoms in total. The van der Waals surface area contributed by atoms with E-state index in [9.17, 15) is 28.6 Å². The predicted octanol–water partition coefficient (Wildman–Crippen LogP) is 1.97. The van der Waals surface area contributed by atoms with Crippen LogP contribution in [-0.4, -0.2) is 105 Å². The summed E-state index contributed by atoms with van der Waals surface area (Å²) >= 11 is 5.46. The van der Waals surface area contributed by atoms with E-state index in [0.717, 1.165) is 20.8 Å². The lowest BCUT2D eigenvalue weighted by Gasteiger charge is -2.43. The number of hydrogen-bond donors (Lipinski definition) is 2. The van der Waals surface area contributed by atoms with Crippen LogP contribution in [-0.2, 0) is 81.9 Å². The lowest BCUT2D eigenvalue weighted by Crippen LogP contribution is -2.53. The van der Waals surface area contributed by atoms with Gasteiger partial charge >= 0.3 is 38.4 Å². The Bertz CT molecular complexity index is 1840. The largest absolute Gasteiger partial charge is 0.481 e. The standard InChI is InChI=1S/C29H40N6O16P2S/c1-14-15(2)23(45-17(4)37)29(49-20(14)10-42-16(3)36)50-52(40,41)51-53(54,43-9-7-8-30)44-11-21-24(46-18(5)38)25(47-19(6)39)28(48-21)35-13-34-22-26(31)32-12-33-27(22)35/h12-15,20-21,23-25,28-29H,7,9-11H2,1-6H3,(H,40,41)(H2,31,32,33)/t14-,15-,20?,21+,23?,24?,25-,28+,29-,53?/m0/s1. The molecule has 0 saturated carbocycles. The van der Waals surface area contributed by atoms with E-state index >= 15 is 0 Å². The summed E-state index contributed by atoms with van der Waals surface area (Å²) in [6.45, 7) is 2.17. The number of ether oxygens (including phenoxy) is 6. The summed E-state index contributed by atoms with van der Waals surface area (Å²) in [7, 11) is -5.38. The van der Waals surface area contributed by atoms with E-state index in [4.69, 9.17) is 69.1 Å². The summed E-state index contributed by atoms with van der Waals surface area (Å²) in [5.74, 6) is -3.82. The van der Waals surface area contributed by atoms with Crippen LogP contribution in [0.1, 0.15) is 54.2 Å². The van der Waals surface area contributed by atoms with E-state index in [-0.39, 0.29) is 30.0 Å².